The highest BCUT2D eigenvalue weighted by Gasteiger charge is 2.20. The minimum Gasteiger partial charge on any atom is -0.352 e. The number of nitrogens with zero attached hydrogens (tertiary/aromatic N) is 1. The van der Waals surface area contributed by atoms with Crippen LogP contribution < -0.4 is 5.32 Å². The monoisotopic (exact) mass is 298 g/mol. The van der Waals surface area contributed by atoms with Crippen molar-refractivity contribution < 1.29 is 13.2 Å². The van der Waals surface area contributed by atoms with Crippen LogP contribution in [0.2, 0.25) is 0 Å². The van der Waals surface area contributed by atoms with Gasteiger partial charge in [0.25, 0.3) is 5.91 Å². The van der Waals surface area contributed by atoms with Gasteiger partial charge in [0.15, 0.2) is 0 Å². The lowest BCUT2D eigenvalue weighted by molar-refractivity contribution is 0.0948. The average molecular weight is 298 g/mol. The van der Waals surface area contributed by atoms with Crippen LogP contribution in [0.1, 0.15) is 29.8 Å². The summed E-state index contributed by atoms with van der Waals surface area (Å²) in [5, 5.41) is 2.80. The van der Waals surface area contributed by atoms with E-state index >= 15 is 0 Å². The molecule has 0 unspecified atom stereocenters. The lowest BCUT2D eigenvalue weighted by Gasteiger charge is -2.14. The minimum absolute atomic E-state index is 0.128. The summed E-state index contributed by atoms with van der Waals surface area (Å²) in [5.74, 6) is 0.0972. The van der Waals surface area contributed by atoms with E-state index in [0.29, 0.717) is 18.0 Å². The zero-order valence-electron chi connectivity index (χ0n) is 12.6. The Morgan fingerprint density at radius 1 is 1.30 bits per heavy atom. The summed E-state index contributed by atoms with van der Waals surface area (Å²) < 4.78 is 25.3. The fourth-order valence-electron chi connectivity index (χ4n) is 1.61. The first kappa shape index (κ1) is 16.7. The molecular formula is C14H22N2O3S. The van der Waals surface area contributed by atoms with Crippen molar-refractivity contribution in [2.24, 2.45) is 5.92 Å². The van der Waals surface area contributed by atoms with Crippen LogP contribution in [0.25, 0.3) is 0 Å². The summed E-state index contributed by atoms with van der Waals surface area (Å²) in [5.41, 5.74) is 1.15. The number of rotatable bonds is 5. The maximum Gasteiger partial charge on any atom is 0.251 e. The molecule has 0 bridgehead atoms. The summed E-state index contributed by atoms with van der Waals surface area (Å²) >= 11 is 0. The number of hydrogen-bond donors (Lipinski definition) is 1. The fourth-order valence-corrected chi connectivity index (χ4v) is 2.54. The number of amides is 1. The van der Waals surface area contributed by atoms with Gasteiger partial charge in [-0.3, -0.25) is 4.79 Å². The predicted molar refractivity (Wildman–Crippen MR) is 79.2 cm³/mol. The zero-order valence-corrected chi connectivity index (χ0v) is 13.4. The molecule has 0 saturated carbocycles. The average Bonchev–Trinajstić information content (AvgIpc) is 2.35. The Morgan fingerprint density at radius 2 is 1.90 bits per heavy atom. The van der Waals surface area contributed by atoms with Crippen LogP contribution in [0, 0.1) is 12.8 Å². The van der Waals surface area contributed by atoms with Gasteiger partial charge < -0.3 is 5.32 Å². The van der Waals surface area contributed by atoms with Gasteiger partial charge in [-0.05, 0) is 30.5 Å². The molecule has 0 saturated heterocycles. The molecule has 6 heteroatoms. The van der Waals surface area contributed by atoms with Gasteiger partial charge in [-0.1, -0.05) is 19.9 Å². The summed E-state index contributed by atoms with van der Waals surface area (Å²) in [6.07, 6.45) is 0. The van der Waals surface area contributed by atoms with Crippen molar-refractivity contribution in [2.45, 2.75) is 25.7 Å². The van der Waals surface area contributed by atoms with E-state index in [2.05, 4.69) is 5.32 Å². The third-order valence-corrected chi connectivity index (χ3v) is 4.71. The molecule has 20 heavy (non-hydrogen) atoms. The normalized spacial score (nSPS) is 11.9. The maximum atomic E-state index is 12.1. The Kier molecular flexibility index (Phi) is 5.30. The number of carbonyl (C=O) groups is 1. The highest BCUT2D eigenvalue weighted by Crippen LogP contribution is 2.18. The van der Waals surface area contributed by atoms with Crippen LogP contribution in [0.3, 0.4) is 0 Å². The van der Waals surface area contributed by atoms with Crippen molar-refractivity contribution in [3.63, 3.8) is 0 Å². The van der Waals surface area contributed by atoms with Crippen molar-refractivity contribution in [1.82, 2.24) is 9.62 Å². The molecule has 1 rings (SSSR count). The topological polar surface area (TPSA) is 66.5 Å². The summed E-state index contributed by atoms with van der Waals surface area (Å²) in [6.45, 7) is 6.35. The Labute approximate surface area is 121 Å². The van der Waals surface area contributed by atoms with Crippen LogP contribution in [-0.2, 0) is 10.0 Å². The van der Waals surface area contributed by atoms with Gasteiger partial charge in [-0.25, -0.2) is 12.7 Å². The first-order valence-electron chi connectivity index (χ1n) is 6.47. The van der Waals surface area contributed by atoms with E-state index in [4.69, 9.17) is 0 Å². The smallest absolute Gasteiger partial charge is 0.251 e. The van der Waals surface area contributed by atoms with Crippen LogP contribution in [0.4, 0.5) is 0 Å². The molecule has 0 radical (unpaired) electrons. The lowest BCUT2D eigenvalue weighted by atomic mass is 10.1. The summed E-state index contributed by atoms with van der Waals surface area (Å²) in [4.78, 5) is 12.2. The number of carbonyl (C=O) groups excluding carboxylic acids is 1. The number of aryl methyl sites for hydroxylation is 1. The van der Waals surface area contributed by atoms with E-state index in [-0.39, 0.29) is 10.8 Å². The van der Waals surface area contributed by atoms with Crippen molar-refractivity contribution in [3.05, 3.63) is 29.3 Å². The highest BCUT2D eigenvalue weighted by atomic mass is 32.2. The molecule has 1 N–H and O–H groups in total. The molecule has 0 fully saturated rings. The fraction of sp³-hybridized carbons (Fsp3) is 0.500. The minimum atomic E-state index is -3.53. The van der Waals surface area contributed by atoms with Crippen molar-refractivity contribution in [1.29, 1.82) is 0 Å². The van der Waals surface area contributed by atoms with Crippen LogP contribution in [-0.4, -0.2) is 39.3 Å². The number of hydrogen-bond acceptors (Lipinski definition) is 3. The van der Waals surface area contributed by atoms with Gasteiger partial charge in [-0.15, -0.1) is 0 Å². The zero-order chi connectivity index (χ0) is 15.5. The molecule has 0 aliphatic rings. The molecule has 1 amide bonds. The second kappa shape index (κ2) is 6.37. The lowest BCUT2D eigenvalue weighted by Crippen LogP contribution is -2.28. The van der Waals surface area contributed by atoms with E-state index in [1.807, 2.05) is 13.8 Å². The Balaban J connectivity index is 3.13. The largest absolute Gasteiger partial charge is 0.352 e. The first-order chi connectivity index (χ1) is 9.16. The second-order valence-corrected chi connectivity index (χ2v) is 7.52. The van der Waals surface area contributed by atoms with Gasteiger partial charge in [-0.2, -0.15) is 0 Å². The summed E-state index contributed by atoms with van der Waals surface area (Å²) in [6, 6.07) is 4.60. The van der Waals surface area contributed by atoms with Crippen LogP contribution >= 0.6 is 0 Å². The van der Waals surface area contributed by atoms with Gasteiger partial charge in [0.2, 0.25) is 10.0 Å². The van der Waals surface area contributed by atoms with Crippen molar-refractivity contribution in [3.8, 4) is 0 Å². The standard InChI is InChI=1S/C14H22N2O3S/c1-10(2)9-15-14(17)13-8-12(7-6-11(13)3)20(18,19)16(4)5/h6-8,10H,9H2,1-5H3,(H,15,17). The highest BCUT2D eigenvalue weighted by molar-refractivity contribution is 7.89. The van der Waals surface area contributed by atoms with E-state index in [1.54, 1.807) is 13.0 Å². The number of nitrogens with one attached hydrogen (secondary N) is 1. The molecule has 0 aliphatic carbocycles. The number of sulfonamides is 1. The third kappa shape index (κ3) is 3.80. The van der Waals surface area contributed by atoms with Crippen molar-refractivity contribution >= 4 is 15.9 Å². The van der Waals surface area contributed by atoms with E-state index in [9.17, 15) is 13.2 Å². The molecule has 0 spiro atoms. The van der Waals surface area contributed by atoms with Gasteiger partial charge in [0, 0.05) is 26.2 Å². The third-order valence-electron chi connectivity index (χ3n) is 2.90. The molecule has 1 aromatic carbocycles. The number of benzene rings is 1. The molecule has 1 aromatic rings. The molecule has 5 nitrogen and oxygen atoms in total. The van der Waals surface area contributed by atoms with E-state index < -0.39 is 10.0 Å². The van der Waals surface area contributed by atoms with Gasteiger partial charge in [0.1, 0.15) is 0 Å². The molecule has 0 atom stereocenters. The van der Waals surface area contributed by atoms with E-state index in [1.165, 1.54) is 26.2 Å². The van der Waals surface area contributed by atoms with E-state index in [0.717, 1.165) is 9.87 Å². The predicted octanol–water partition coefficient (Wildman–Crippen LogP) is 1.63. The Morgan fingerprint density at radius 3 is 2.40 bits per heavy atom. The SMILES string of the molecule is Cc1ccc(S(=O)(=O)N(C)C)cc1C(=O)NCC(C)C. The van der Waals surface area contributed by atoms with Crippen LogP contribution in [0.15, 0.2) is 23.1 Å². The van der Waals surface area contributed by atoms with Gasteiger partial charge in [0.05, 0.1) is 4.90 Å². The van der Waals surface area contributed by atoms with Crippen LogP contribution in [0.5, 0.6) is 0 Å². The molecule has 0 heterocycles. The molecular weight excluding hydrogens is 276 g/mol. The quantitative estimate of drug-likeness (QED) is 0.898. The molecule has 0 aliphatic heterocycles. The second-order valence-electron chi connectivity index (χ2n) is 5.37. The maximum absolute atomic E-state index is 12.1. The Bertz CT molecular complexity index is 592. The molecule has 0 aromatic heterocycles. The molecule has 112 valence electrons. The van der Waals surface area contributed by atoms with Crippen molar-refractivity contribution in [2.75, 3.05) is 20.6 Å². The first-order valence-corrected chi connectivity index (χ1v) is 7.91. The van der Waals surface area contributed by atoms with Gasteiger partial charge >= 0.3 is 0 Å². The Hall–Kier alpha value is -1.40. The summed E-state index contributed by atoms with van der Waals surface area (Å²) in [7, 11) is -0.596.